The van der Waals surface area contributed by atoms with Gasteiger partial charge in [0.1, 0.15) is 5.60 Å². The number of anilines is 1. The molecule has 1 aromatic rings. The maximum absolute atomic E-state index is 12.8. The van der Waals surface area contributed by atoms with Gasteiger partial charge in [0, 0.05) is 11.1 Å². The van der Waals surface area contributed by atoms with E-state index in [0.717, 1.165) is 22.4 Å². The van der Waals surface area contributed by atoms with E-state index in [1.807, 2.05) is 46.8 Å². The van der Waals surface area contributed by atoms with Crippen molar-refractivity contribution in [1.82, 2.24) is 0 Å². The standard InChI is InChI=1S/C19H21NO3/c1-11-8-12(2)13-10-14-15(6-7-17(14)21)20(16(13)9-11)18(22)23-19(3,4)5/h6-10,15H,1-5H3/t15-/m0/s1. The molecule has 0 aromatic heterocycles. The van der Waals surface area contributed by atoms with Crippen molar-refractivity contribution in [1.29, 1.82) is 0 Å². The molecular formula is C19H21NO3. The first-order chi connectivity index (χ1) is 10.7. The molecule has 0 saturated carbocycles. The first-order valence-corrected chi connectivity index (χ1v) is 7.75. The summed E-state index contributed by atoms with van der Waals surface area (Å²) in [6.45, 7) is 9.50. The molecule has 0 bridgehead atoms. The van der Waals surface area contributed by atoms with Crippen molar-refractivity contribution >= 4 is 23.6 Å². The van der Waals surface area contributed by atoms with Crippen LogP contribution in [-0.4, -0.2) is 23.5 Å². The van der Waals surface area contributed by atoms with E-state index in [0.29, 0.717) is 5.57 Å². The lowest BCUT2D eigenvalue weighted by Gasteiger charge is -2.35. The SMILES string of the molecule is Cc1cc(C)c2c(c1)N(C(=O)OC(C)(C)C)[C@H]1C=CC(=O)C1=C2. The molecule has 0 N–H and O–H groups in total. The fourth-order valence-electron chi connectivity index (χ4n) is 3.08. The molecule has 0 radical (unpaired) electrons. The number of benzene rings is 1. The molecule has 0 unspecified atom stereocenters. The smallest absolute Gasteiger partial charge is 0.415 e. The molecule has 1 heterocycles. The summed E-state index contributed by atoms with van der Waals surface area (Å²) < 4.78 is 5.57. The molecule has 3 rings (SSSR count). The van der Waals surface area contributed by atoms with Crippen LogP contribution in [-0.2, 0) is 9.53 Å². The second-order valence-electron chi connectivity index (χ2n) is 7.13. The maximum atomic E-state index is 12.8. The Labute approximate surface area is 136 Å². The number of ether oxygens (including phenoxy) is 1. The number of ketones is 1. The van der Waals surface area contributed by atoms with Crippen LogP contribution in [0, 0.1) is 13.8 Å². The van der Waals surface area contributed by atoms with E-state index in [1.54, 1.807) is 11.0 Å². The number of rotatable bonds is 0. The third kappa shape index (κ3) is 2.69. The second-order valence-corrected chi connectivity index (χ2v) is 7.13. The molecule has 23 heavy (non-hydrogen) atoms. The zero-order valence-corrected chi connectivity index (χ0v) is 14.1. The predicted octanol–water partition coefficient (Wildman–Crippen LogP) is 3.95. The highest BCUT2D eigenvalue weighted by Gasteiger charge is 2.39. The van der Waals surface area contributed by atoms with Gasteiger partial charge in [-0.3, -0.25) is 9.69 Å². The highest BCUT2D eigenvalue weighted by molar-refractivity contribution is 6.15. The Morgan fingerprint density at radius 1 is 1.22 bits per heavy atom. The minimum Gasteiger partial charge on any atom is -0.443 e. The molecule has 120 valence electrons. The van der Waals surface area contributed by atoms with E-state index in [4.69, 9.17) is 4.74 Å². The number of amides is 1. The maximum Gasteiger partial charge on any atom is 0.415 e. The van der Waals surface area contributed by atoms with E-state index in [2.05, 4.69) is 6.07 Å². The normalized spacial score (nSPS) is 19.3. The Hall–Kier alpha value is -2.36. The first kappa shape index (κ1) is 15.5. The van der Waals surface area contributed by atoms with E-state index >= 15 is 0 Å². The van der Waals surface area contributed by atoms with Crippen molar-refractivity contribution in [3.05, 3.63) is 46.5 Å². The minimum atomic E-state index is -0.593. The van der Waals surface area contributed by atoms with Gasteiger partial charge in [0.25, 0.3) is 0 Å². The summed E-state index contributed by atoms with van der Waals surface area (Å²) in [6.07, 6.45) is 4.76. The van der Waals surface area contributed by atoms with Crippen molar-refractivity contribution in [2.45, 2.75) is 46.3 Å². The van der Waals surface area contributed by atoms with Gasteiger partial charge in [0.15, 0.2) is 5.78 Å². The molecular weight excluding hydrogens is 290 g/mol. The summed E-state index contributed by atoms with van der Waals surface area (Å²) in [5.74, 6) is -0.0471. The average molecular weight is 311 g/mol. The summed E-state index contributed by atoms with van der Waals surface area (Å²) in [5.41, 5.74) is 3.84. The van der Waals surface area contributed by atoms with Crippen LogP contribution in [0.2, 0.25) is 0 Å². The molecule has 1 aliphatic heterocycles. The van der Waals surface area contributed by atoms with Crippen LogP contribution in [0.5, 0.6) is 0 Å². The van der Waals surface area contributed by atoms with Gasteiger partial charge in [-0.25, -0.2) is 4.79 Å². The van der Waals surface area contributed by atoms with E-state index < -0.39 is 11.7 Å². The third-order valence-electron chi connectivity index (χ3n) is 3.97. The number of hydrogen-bond donors (Lipinski definition) is 0. The van der Waals surface area contributed by atoms with Crippen molar-refractivity contribution in [3.8, 4) is 0 Å². The van der Waals surface area contributed by atoms with Gasteiger partial charge in [-0.05, 0) is 64.0 Å². The van der Waals surface area contributed by atoms with Gasteiger partial charge in [-0.1, -0.05) is 12.1 Å². The van der Waals surface area contributed by atoms with Crippen LogP contribution in [0.4, 0.5) is 10.5 Å². The largest absolute Gasteiger partial charge is 0.443 e. The summed E-state index contributed by atoms with van der Waals surface area (Å²) in [5, 5.41) is 0. The zero-order valence-electron chi connectivity index (χ0n) is 14.1. The van der Waals surface area contributed by atoms with Gasteiger partial charge in [0.2, 0.25) is 0 Å². The predicted molar refractivity (Wildman–Crippen MR) is 90.5 cm³/mol. The van der Waals surface area contributed by atoms with Crippen molar-refractivity contribution in [2.24, 2.45) is 0 Å². The van der Waals surface area contributed by atoms with Crippen molar-refractivity contribution < 1.29 is 14.3 Å². The van der Waals surface area contributed by atoms with Crippen LogP contribution >= 0.6 is 0 Å². The molecule has 0 saturated heterocycles. The van der Waals surface area contributed by atoms with Gasteiger partial charge in [-0.15, -0.1) is 0 Å². The van der Waals surface area contributed by atoms with Crippen LogP contribution in [0.25, 0.3) is 6.08 Å². The van der Waals surface area contributed by atoms with Crippen LogP contribution in [0.1, 0.15) is 37.5 Å². The molecule has 0 fully saturated rings. The lowest BCUT2D eigenvalue weighted by Crippen LogP contribution is -2.45. The van der Waals surface area contributed by atoms with Gasteiger partial charge < -0.3 is 4.74 Å². The van der Waals surface area contributed by atoms with E-state index in [1.165, 1.54) is 6.08 Å². The Balaban J connectivity index is 2.15. The van der Waals surface area contributed by atoms with E-state index in [-0.39, 0.29) is 11.8 Å². The van der Waals surface area contributed by atoms with Gasteiger partial charge in [-0.2, -0.15) is 0 Å². The average Bonchev–Trinajstić information content (AvgIpc) is 2.76. The number of aryl methyl sites for hydroxylation is 2. The Bertz CT molecular complexity index is 766. The lowest BCUT2D eigenvalue weighted by molar-refractivity contribution is -0.111. The highest BCUT2D eigenvalue weighted by Crippen LogP contribution is 2.39. The number of nitrogens with zero attached hydrogens (tertiary/aromatic N) is 1. The Morgan fingerprint density at radius 3 is 2.57 bits per heavy atom. The molecule has 4 heteroatoms. The molecule has 4 nitrogen and oxygen atoms in total. The topological polar surface area (TPSA) is 46.6 Å². The van der Waals surface area contributed by atoms with Crippen LogP contribution in [0.3, 0.4) is 0 Å². The quantitative estimate of drug-likeness (QED) is 0.729. The fourth-order valence-corrected chi connectivity index (χ4v) is 3.08. The molecule has 1 atom stereocenters. The summed E-state index contributed by atoms with van der Waals surface area (Å²) >= 11 is 0. The lowest BCUT2D eigenvalue weighted by atomic mass is 9.93. The van der Waals surface area contributed by atoms with E-state index in [9.17, 15) is 9.59 Å². The zero-order chi connectivity index (χ0) is 16.9. The number of carbonyl (C=O) groups is 2. The van der Waals surface area contributed by atoms with Crippen molar-refractivity contribution in [2.75, 3.05) is 4.90 Å². The monoisotopic (exact) mass is 311 g/mol. The number of fused-ring (bicyclic) bond motifs is 2. The van der Waals surface area contributed by atoms with Gasteiger partial charge >= 0.3 is 6.09 Å². The van der Waals surface area contributed by atoms with Crippen LogP contribution in [0.15, 0.2) is 29.9 Å². The molecule has 1 amide bonds. The number of carbonyl (C=O) groups excluding carboxylic acids is 2. The van der Waals surface area contributed by atoms with Crippen molar-refractivity contribution in [3.63, 3.8) is 0 Å². The summed E-state index contributed by atoms with van der Waals surface area (Å²) in [4.78, 5) is 26.5. The third-order valence-corrected chi connectivity index (χ3v) is 3.97. The fraction of sp³-hybridized carbons (Fsp3) is 0.368. The Morgan fingerprint density at radius 2 is 1.91 bits per heavy atom. The summed E-state index contributed by atoms with van der Waals surface area (Å²) in [6, 6.07) is 3.64. The highest BCUT2D eigenvalue weighted by atomic mass is 16.6. The first-order valence-electron chi connectivity index (χ1n) is 7.75. The molecule has 1 aliphatic carbocycles. The minimum absolute atomic E-state index is 0.0471. The van der Waals surface area contributed by atoms with Crippen LogP contribution < -0.4 is 4.90 Å². The summed E-state index contributed by atoms with van der Waals surface area (Å²) in [7, 11) is 0. The molecule has 1 aromatic carbocycles. The molecule has 2 aliphatic rings. The molecule has 0 spiro atoms. The number of hydrogen-bond acceptors (Lipinski definition) is 3. The second kappa shape index (κ2) is 5.08. The number of allylic oxidation sites excluding steroid dienone is 1. The Kier molecular flexibility index (Phi) is 3.43. The van der Waals surface area contributed by atoms with Gasteiger partial charge in [0.05, 0.1) is 11.7 Å².